The van der Waals surface area contributed by atoms with Crippen molar-refractivity contribution in [2.45, 2.75) is 32.4 Å². The van der Waals surface area contributed by atoms with Crippen LogP contribution >= 0.6 is 0 Å². The van der Waals surface area contributed by atoms with Gasteiger partial charge in [-0.15, -0.1) is 0 Å². The molecule has 1 N–H and O–H groups in total. The molecule has 2 nitrogen and oxygen atoms in total. The quantitative estimate of drug-likeness (QED) is 0.854. The molecule has 1 aromatic rings. The molecule has 1 unspecified atom stereocenters. The number of methoxy groups -OCH3 is 1. The third-order valence-corrected chi connectivity index (χ3v) is 3.70. The van der Waals surface area contributed by atoms with E-state index in [2.05, 4.69) is 5.32 Å². The van der Waals surface area contributed by atoms with E-state index >= 15 is 0 Å². The van der Waals surface area contributed by atoms with Gasteiger partial charge in [0.1, 0.15) is 5.75 Å². The third kappa shape index (κ3) is 2.16. The molecule has 0 radical (unpaired) electrons. The van der Waals surface area contributed by atoms with Crippen LogP contribution in [0.4, 0.5) is 4.39 Å². The number of hydrogen-bond acceptors (Lipinski definition) is 2. The Hall–Kier alpha value is -1.09. The number of piperidine rings is 1. The Morgan fingerprint density at radius 2 is 2.12 bits per heavy atom. The van der Waals surface area contributed by atoms with Gasteiger partial charge in [-0.1, -0.05) is 12.1 Å². The number of ether oxygens (including phenoxy) is 1. The molecule has 17 heavy (non-hydrogen) atoms. The zero-order chi connectivity index (χ0) is 12.5. The van der Waals surface area contributed by atoms with Gasteiger partial charge in [-0.05, 0) is 44.4 Å². The van der Waals surface area contributed by atoms with Gasteiger partial charge in [0, 0.05) is 12.1 Å². The maximum atomic E-state index is 14.9. The summed E-state index contributed by atoms with van der Waals surface area (Å²) >= 11 is 0. The van der Waals surface area contributed by atoms with Crippen LogP contribution in [0, 0.1) is 13.8 Å². The number of aryl methyl sites for hydroxylation is 1. The number of nitrogens with one attached hydrogen (secondary N) is 1. The number of rotatable bonds is 2. The first-order valence-electron chi connectivity index (χ1n) is 6.13. The van der Waals surface area contributed by atoms with Crippen molar-refractivity contribution >= 4 is 0 Å². The molecule has 0 amide bonds. The second kappa shape index (κ2) is 4.65. The summed E-state index contributed by atoms with van der Waals surface area (Å²) in [5.74, 6) is 0.705. The zero-order valence-corrected chi connectivity index (χ0v) is 10.8. The minimum Gasteiger partial charge on any atom is -0.496 e. The molecular weight excluding hydrogens is 217 g/mol. The number of alkyl halides is 1. The average molecular weight is 237 g/mol. The first kappa shape index (κ1) is 12.4. The minimum absolute atomic E-state index is 0.381. The molecule has 1 aliphatic rings. The first-order chi connectivity index (χ1) is 8.08. The van der Waals surface area contributed by atoms with Crippen molar-refractivity contribution in [3.63, 3.8) is 0 Å². The highest BCUT2D eigenvalue weighted by molar-refractivity contribution is 5.48. The molecule has 1 saturated heterocycles. The van der Waals surface area contributed by atoms with Gasteiger partial charge in [0.05, 0.1) is 7.11 Å². The number of benzene rings is 1. The number of hydrogen-bond donors (Lipinski definition) is 1. The van der Waals surface area contributed by atoms with E-state index in [1.54, 1.807) is 7.11 Å². The molecule has 1 aliphatic heterocycles. The predicted molar refractivity (Wildman–Crippen MR) is 67.4 cm³/mol. The topological polar surface area (TPSA) is 21.3 Å². The maximum Gasteiger partial charge on any atom is 0.151 e. The van der Waals surface area contributed by atoms with Crippen LogP contribution < -0.4 is 10.1 Å². The molecule has 0 aliphatic carbocycles. The Morgan fingerprint density at radius 1 is 1.35 bits per heavy atom. The van der Waals surface area contributed by atoms with Crippen LogP contribution in [0.3, 0.4) is 0 Å². The molecule has 0 bridgehead atoms. The van der Waals surface area contributed by atoms with Crippen LogP contribution in [0.2, 0.25) is 0 Å². The van der Waals surface area contributed by atoms with E-state index in [0.717, 1.165) is 24.1 Å². The summed E-state index contributed by atoms with van der Waals surface area (Å²) in [5.41, 5.74) is 1.57. The Labute approximate surface area is 102 Å². The molecule has 1 aromatic carbocycles. The summed E-state index contributed by atoms with van der Waals surface area (Å²) in [5, 5.41) is 3.13. The van der Waals surface area contributed by atoms with E-state index in [4.69, 9.17) is 4.74 Å². The lowest BCUT2D eigenvalue weighted by molar-refractivity contribution is 0.118. The average Bonchev–Trinajstić information content (AvgIpc) is 2.33. The largest absolute Gasteiger partial charge is 0.496 e. The summed E-state index contributed by atoms with van der Waals surface area (Å²) in [6.07, 6.45) is 1.44. The fourth-order valence-electron chi connectivity index (χ4n) is 2.50. The lowest BCUT2D eigenvalue weighted by Gasteiger charge is -2.32. The summed E-state index contributed by atoms with van der Waals surface area (Å²) in [6, 6.07) is 3.84. The van der Waals surface area contributed by atoms with Crippen molar-refractivity contribution in [3.05, 3.63) is 28.8 Å². The Morgan fingerprint density at radius 3 is 2.71 bits per heavy atom. The summed E-state index contributed by atoms with van der Waals surface area (Å²) in [6.45, 7) is 5.29. The fraction of sp³-hybridized carbons (Fsp3) is 0.571. The van der Waals surface area contributed by atoms with Crippen molar-refractivity contribution in [2.24, 2.45) is 0 Å². The zero-order valence-electron chi connectivity index (χ0n) is 10.8. The van der Waals surface area contributed by atoms with Crippen LogP contribution in [-0.4, -0.2) is 20.2 Å². The maximum absolute atomic E-state index is 14.9. The lowest BCUT2D eigenvalue weighted by Crippen LogP contribution is -2.40. The molecule has 3 heteroatoms. The van der Waals surface area contributed by atoms with Crippen molar-refractivity contribution in [3.8, 4) is 5.75 Å². The number of halogens is 1. The molecule has 0 saturated carbocycles. The predicted octanol–water partition coefficient (Wildman–Crippen LogP) is 2.86. The smallest absolute Gasteiger partial charge is 0.151 e. The van der Waals surface area contributed by atoms with E-state index in [1.165, 1.54) is 0 Å². The molecule has 0 spiro atoms. The standard InChI is InChI=1S/C14H20FNO/c1-10-5-6-12(13(17-3)11(10)2)14(15)7-4-8-16-9-14/h5-6,16H,4,7-9H2,1-3H3. The second-order valence-corrected chi connectivity index (χ2v) is 4.83. The van der Waals surface area contributed by atoms with Gasteiger partial charge < -0.3 is 10.1 Å². The van der Waals surface area contributed by atoms with Crippen LogP contribution in [0.5, 0.6) is 5.75 Å². The first-order valence-corrected chi connectivity index (χ1v) is 6.13. The highest BCUT2D eigenvalue weighted by Crippen LogP contribution is 2.40. The van der Waals surface area contributed by atoms with Crippen molar-refractivity contribution in [1.82, 2.24) is 5.32 Å². The lowest BCUT2D eigenvalue weighted by atomic mass is 9.86. The van der Waals surface area contributed by atoms with Crippen molar-refractivity contribution < 1.29 is 9.13 Å². The van der Waals surface area contributed by atoms with Crippen LogP contribution in [-0.2, 0) is 5.67 Å². The van der Waals surface area contributed by atoms with E-state index in [0.29, 0.717) is 24.3 Å². The molecule has 0 aromatic heterocycles. The van der Waals surface area contributed by atoms with Crippen LogP contribution in [0.25, 0.3) is 0 Å². The van der Waals surface area contributed by atoms with Gasteiger partial charge in [-0.3, -0.25) is 0 Å². The molecule has 1 fully saturated rings. The fourth-order valence-corrected chi connectivity index (χ4v) is 2.50. The van der Waals surface area contributed by atoms with Crippen molar-refractivity contribution in [2.75, 3.05) is 20.2 Å². The Kier molecular flexibility index (Phi) is 3.38. The highest BCUT2D eigenvalue weighted by Gasteiger charge is 2.36. The SMILES string of the molecule is COc1c(C2(F)CCCNC2)ccc(C)c1C. The summed E-state index contributed by atoms with van der Waals surface area (Å²) < 4.78 is 20.3. The molecular formula is C14H20FNO. The molecule has 94 valence electrons. The van der Waals surface area contributed by atoms with E-state index in [1.807, 2.05) is 26.0 Å². The van der Waals surface area contributed by atoms with E-state index in [9.17, 15) is 4.39 Å². The van der Waals surface area contributed by atoms with Crippen LogP contribution in [0.15, 0.2) is 12.1 Å². The molecule has 1 heterocycles. The summed E-state index contributed by atoms with van der Waals surface area (Å²) in [7, 11) is 1.62. The van der Waals surface area contributed by atoms with Gasteiger partial charge in [-0.2, -0.15) is 0 Å². The monoisotopic (exact) mass is 237 g/mol. The van der Waals surface area contributed by atoms with Crippen LogP contribution in [0.1, 0.15) is 29.5 Å². The Balaban J connectivity index is 2.47. The Bertz CT molecular complexity index is 411. The third-order valence-electron chi connectivity index (χ3n) is 3.70. The van der Waals surface area contributed by atoms with Gasteiger partial charge in [0.25, 0.3) is 0 Å². The normalized spacial score (nSPS) is 24.7. The summed E-state index contributed by atoms with van der Waals surface area (Å²) in [4.78, 5) is 0. The van der Waals surface area contributed by atoms with Gasteiger partial charge in [0.2, 0.25) is 0 Å². The highest BCUT2D eigenvalue weighted by atomic mass is 19.1. The van der Waals surface area contributed by atoms with Gasteiger partial charge in [-0.25, -0.2) is 4.39 Å². The van der Waals surface area contributed by atoms with E-state index < -0.39 is 5.67 Å². The molecule has 2 rings (SSSR count). The molecule has 1 atom stereocenters. The minimum atomic E-state index is -1.29. The van der Waals surface area contributed by atoms with E-state index in [-0.39, 0.29) is 0 Å². The second-order valence-electron chi connectivity index (χ2n) is 4.83. The van der Waals surface area contributed by atoms with Gasteiger partial charge in [0.15, 0.2) is 5.67 Å². The van der Waals surface area contributed by atoms with Crippen molar-refractivity contribution in [1.29, 1.82) is 0 Å². The van der Waals surface area contributed by atoms with Gasteiger partial charge >= 0.3 is 0 Å².